The van der Waals surface area contributed by atoms with Gasteiger partial charge in [-0.2, -0.15) is 0 Å². The zero-order chi connectivity index (χ0) is 14.3. The molecule has 2 amide bonds. The summed E-state index contributed by atoms with van der Waals surface area (Å²) in [5.74, 6) is -0.909. The molecule has 1 N–H and O–H groups in total. The Labute approximate surface area is 113 Å². The monoisotopic (exact) mass is 264 g/mol. The van der Waals surface area contributed by atoms with Crippen LogP contribution < -0.4 is 4.90 Å². The summed E-state index contributed by atoms with van der Waals surface area (Å²) in [5, 5.41) is 8.79. The molecule has 0 unspecified atom stereocenters. The summed E-state index contributed by atoms with van der Waals surface area (Å²) < 4.78 is 0. The van der Waals surface area contributed by atoms with E-state index >= 15 is 0 Å². The maximum Gasteiger partial charge on any atom is 0.324 e. The van der Waals surface area contributed by atoms with Gasteiger partial charge in [-0.1, -0.05) is 18.2 Å². The first-order chi connectivity index (χ1) is 9.10. The van der Waals surface area contributed by atoms with E-state index in [0.717, 1.165) is 5.69 Å². The molecule has 0 fully saturated rings. The highest BCUT2D eigenvalue weighted by molar-refractivity contribution is 5.92. The molecule has 0 spiro atoms. The minimum absolute atomic E-state index is 0.0676. The fourth-order valence-corrected chi connectivity index (χ4v) is 1.82. The molecule has 0 aromatic heterocycles. The summed E-state index contributed by atoms with van der Waals surface area (Å²) in [6.07, 6.45) is -0.0676. The first-order valence-electron chi connectivity index (χ1n) is 6.43. The maximum absolute atomic E-state index is 12.4. The highest BCUT2D eigenvalue weighted by atomic mass is 16.4. The topological polar surface area (TPSA) is 60.9 Å². The van der Waals surface area contributed by atoms with Crippen molar-refractivity contribution >= 4 is 17.7 Å². The Morgan fingerprint density at radius 2 is 1.68 bits per heavy atom. The third kappa shape index (κ3) is 4.28. The fraction of sp³-hybridized carbons (Fsp3) is 0.429. The Balaban J connectivity index is 2.92. The Morgan fingerprint density at radius 3 is 2.16 bits per heavy atom. The van der Waals surface area contributed by atoms with Gasteiger partial charge in [-0.25, -0.2) is 4.79 Å². The van der Waals surface area contributed by atoms with E-state index < -0.39 is 5.97 Å². The zero-order valence-electron chi connectivity index (χ0n) is 11.4. The van der Waals surface area contributed by atoms with Crippen molar-refractivity contribution in [1.29, 1.82) is 0 Å². The van der Waals surface area contributed by atoms with Crippen molar-refractivity contribution in [2.75, 3.05) is 24.5 Å². The molecule has 1 aromatic carbocycles. The molecule has 0 aliphatic rings. The molecular weight excluding hydrogens is 244 g/mol. The molecule has 19 heavy (non-hydrogen) atoms. The fourth-order valence-electron chi connectivity index (χ4n) is 1.82. The Morgan fingerprint density at radius 1 is 1.11 bits per heavy atom. The summed E-state index contributed by atoms with van der Waals surface area (Å²) in [7, 11) is 0. The van der Waals surface area contributed by atoms with Gasteiger partial charge < -0.3 is 10.0 Å². The van der Waals surface area contributed by atoms with Gasteiger partial charge in [0.2, 0.25) is 0 Å². The lowest BCUT2D eigenvalue weighted by atomic mass is 10.2. The van der Waals surface area contributed by atoms with Crippen LogP contribution in [0.1, 0.15) is 20.3 Å². The number of rotatable bonds is 6. The molecule has 0 aliphatic carbocycles. The molecule has 5 nitrogen and oxygen atoms in total. The first kappa shape index (κ1) is 15.0. The van der Waals surface area contributed by atoms with E-state index in [-0.39, 0.29) is 19.0 Å². The first-order valence-corrected chi connectivity index (χ1v) is 6.43. The highest BCUT2D eigenvalue weighted by Gasteiger charge is 2.20. The highest BCUT2D eigenvalue weighted by Crippen LogP contribution is 2.16. The van der Waals surface area contributed by atoms with Gasteiger partial charge >= 0.3 is 12.0 Å². The molecule has 1 rings (SSSR count). The van der Waals surface area contributed by atoms with Gasteiger partial charge in [0.05, 0.1) is 6.42 Å². The number of urea groups is 1. The Kier molecular flexibility index (Phi) is 5.85. The van der Waals surface area contributed by atoms with Crippen LogP contribution in [0.5, 0.6) is 0 Å². The van der Waals surface area contributed by atoms with Crippen LogP contribution >= 0.6 is 0 Å². The number of para-hydroxylation sites is 1. The van der Waals surface area contributed by atoms with Crippen LogP contribution in [0.15, 0.2) is 30.3 Å². The number of nitrogens with zero attached hydrogens (tertiary/aromatic N) is 2. The van der Waals surface area contributed by atoms with Crippen LogP contribution in [-0.2, 0) is 4.79 Å². The number of hydrogen-bond donors (Lipinski definition) is 1. The van der Waals surface area contributed by atoms with Gasteiger partial charge in [-0.15, -0.1) is 0 Å². The standard InChI is InChI=1S/C14H20N2O3/c1-3-15(4-2)14(19)16(11-10-13(17)18)12-8-6-5-7-9-12/h5-9H,3-4,10-11H2,1-2H3,(H,17,18). The van der Waals surface area contributed by atoms with E-state index in [1.807, 2.05) is 44.2 Å². The quantitative estimate of drug-likeness (QED) is 0.858. The molecular formula is C14H20N2O3. The molecule has 0 heterocycles. The largest absolute Gasteiger partial charge is 0.481 e. The van der Waals surface area contributed by atoms with Crippen molar-refractivity contribution in [2.45, 2.75) is 20.3 Å². The van der Waals surface area contributed by atoms with Crippen molar-refractivity contribution in [2.24, 2.45) is 0 Å². The van der Waals surface area contributed by atoms with E-state index in [1.165, 1.54) is 4.90 Å². The third-order valence-electron chi connectivity index (χ3n) is 2.88. The normalized spacial score (nSPS) is 10.0. The van der Waals surface area contributed by atoms with Gasteiger partial charge in [0.15, 0.2) is 0 Å². The average molecular weight is 264 g/mol. The molecule has 0 aliphatic heterocycles. The molecule has 104 valence electrons. The summed E-state index contributed by atoms with van der Waals surface area (Å²) in [6.45, 7) is 5.19. The lowest BCUT2D eigenvalue weighted by molar-refractivity contribution is -0.136. The second kappa shape index (κ2) is 7.41. The van der Waals surface area contributed by atoms with Crippen molar-refractivity contribution in [3.05, 3.63) is 30.3 Å². The lowest BCUT2D eigenvalue weighted by Crippen LogP contribution is -2.44. The average Bonchev–Trinajstić information content (AvgIpc) is 2.41. The summed E-state index contributed by atoms with van der Waals surface area (Å²) in [4.78, 5) is 26.3. The van der Waals surface area contributed by atoms with Crippen molar-refractivity contribution in [3.8, 4) is 0 Å². The number of carbonyl (C=O) groups excluding carboxylic acids is 1. The SMILES string of the molecule is CCN(CC)C(=O)N(CCC(=O)O)c1ccccc1. The van der Waals surface area contributed by atoms with E-state index in [2.05, 4.69) is 0 Å². The van der Waals surface area contributed by atoms with Crippen molar-refractivity contribution in [3.63, 3.8) is 0 Å². The number of carboxylic acid groups (broad SMARTS) is 1. The smallest absolute Gasteiger partial charge is 0.324 e. The van der Waals surface area contributed by atoms with Crippen LogP contribution in [0.4, 0.5) is 10.5 Å². The van der Waals surface area contributed by atoms with Crippen LogP contribution in [0.2, 0.25) is 0 Å². The second-order valence-corrected chi connectivity index (χ2v) is 4.09. The van der Waals surface area contributed by atoms with Gasteiger partial charge in [0, 0.05) is 25.3 Å². The molecule has 0 atom stereocenters. The van der Waals surface area contributed by atoms with E-state index in [4.69, 9.17) is 5.11 Å². The number of benzene rings is 1. The number of carboxylic acids is 1. The zero-order valence-corrected chi connectivity index (χ0v) is 11.4. The predicted molar refractivity (Wildman–Crippen MR) is 74.4 cm³/mol. The minimum Gasteiger partial charge on any atom is -0.481 e. The molecule has 0 saturated heterocycles. The lowest BCUT2D eigenvalue weighted by Gasteiger charge is -2.29. The Bertz CT molecular complexity index is 416. The van der Waals surface area contributed by atoms with Crippen LogP contribution in [-0.4, -0.2) is 41.6 Å². The molecule has 0 bridgehead atoms. The predicted octanol–water partition coefficient (Wildman–Crippen LogP) is 2.43. The molecule has 0 saturated carbocycles. The summed E-state index contributed by atoms with van der Waals surface area (Å²) in [5.41, 5.74) is 0.723. The number of carbonyl (C=O) groups is 2. The minimum atomic E-state index is -0.909. The maximum atomic E-state index is 12.4. The molecule has 5 heteroatoms. The van der Waals surface area contributed by atoms with Gasteiger partial charge in [0.1, 0.15) is 0 Å². The Hall–Kier alpha value is -2.04. The van der Waals surface area contributed by atoms with Crippen LogP contribution in [0, 0.1) is 0 Å². The summed E-state index contributed by atoms with van der Waals surface area (Å²) >= 11 is 0. The number of amides is 2. The summed E-state index contributed by atoms with van der Waals surface area (Å²) in [6, 6.07) is 8.99. The van der Waals surface area contributed by atoms with Crippen molar-refractivity contribution in [1.82, 2.24) is 4.90 Å². The van der Waals surface area contributed by atoms with Gasteiger partial charge in [-0.3, -0.25) is 9.69 Å². The van der Waals surface area contributed by atoms with E-state index in [9.17, 15) is 9.59 Å². The number of anilines is 1. The van der Waals surface area contributed by atoms with E-state index in [0.29, 0.717) is 13.1 Å². The third-order valence-corrected chi connectivity index (χ3v) is 2.88. The van der Waals surface area contributed by atoms with Crippen LogP contribution in [0.25, 0.3) is 0 Å². The number of hydrogen-bond acceptors (Lipinski definition) is 2. The van der Waals surface area contributed by atoms with Gasteiger partial charge in [0.25, 0.3) is 0 Å². The molecule has 0 radical (unpaired) electrons. The second-order valence-electron chi connectivity index (χ2n) is 4.09. The van der Waals surface area contributed by atoms with Crippen molar-refractivity contribution < 1.29 is 14.7 Å². The van der Waals surface area contributed by atoms with Crippen LogP contribution in [0.3, 0.4) is 0 Å². The number of aliphatic carboxylic acids is 1. The molecule has 1 aromatic rings. The van der Waals surface area contributed by atoms with Gasteiger partial charge in [-0.05, 0) is 26.0 Å². The van der Waals surface area contributed by atoms with E-state index in [1.54, 1.807) is 4.90 Å².